The van der Waals surface area contributed by atoms with Gasteiger partial charge in [-0.15, -0.1) is 0 Å². The third kappa shape index (κ3) is 2.19. The normalized spacial score (nSPS) is 13.2. The molecule has 0 aliphatic carbocycles. The van der Waals surface area contributed by atoms with Crippen molar-refractivity contribution in [3.05, 3.63) is 36.1 Å². The van der Waals surface area contributed by atoms with E-state index in [1.54, 1.807) is 0 Å². The van der Waals surface area contributed by atoms with E-state index in [-0.39, 0.29) is 0 Å². The topological polar surface area (TPSA) is 25.2 Å². The highest BCUT2D eigenvalue weighted by molar-refractivity contribution is 7.98. The molecule has 0 bridgehead atoms. The third-order valence-electron chi connectivity index (χ3n) is 2.47. The zero-order valence-electron chi connectivity index (χ0n) is 8.99. The van der Waals surface area contributed by atoms with Crippen molar-refractivity contribution in [1.82, 2.24) is 5.32 Å². The van der Waals surface area contributed by atoms with Crippen molar-refractivity contribution in [2.45, 2.75) is 6.04 Å². The maximum atomic E-state index is 5.80. The van der Waals surface area contributed by atoms with Gasteiger partial charge in [0.25, 0.3) is 0 Å². The molecule has 2 rings (SSSR count). The molecule has 0 fully saturated rings. The molecule has 0 aliphatic heterocycles. The molecule has 15 heavy (non-hydrogen) atoms. The summed E-state index contributed by atoms with van der Waals surface area (Å²) >= 11 is 1.82. The van der Waals surface area contributed by atoms with Gasteiger partial charge >= 0.3 is 0 Å². The predicted molar refractivity (Wildman–Crippen MR) is 66.4 cm³/mol. The molecular weight excluding hydrogens is 206 g/mol. The Morgan fingerprint density at radius 3 is 2.87 bits per heavy atom. The summed E-state index contributed by atoms with van der Waals surface area (Å²) < 4.78 is 5.80. The van der Waals surface area contributed by atoms with Crippen LogP contribution in [0, 0.1) is 0 Å². The molecule has 1 atom stereocenters. The molecule has 0 aliphatic rings. The second-order valence-corrected chi connectivity index (χ2v) is 4.39. The molecule has 0 saturated carbocycles. The smallest absolute Gasteiger partial charge is 0.134 e. The van der Waals surface area contributed by atoms with Crippen LogP contribution in [0.4, 0.5) is 0 Å². The number of hydrogen-bond acceptors (Lipinski definition) is 3. The van der Waals surface area contributed by atoms with Crippen molar-refractivity contribution in [3.8, 4) is 0 Å². The first kappa shape index (κ1) is 10.6. The lowest BCUT2D eigenvalue weighted by Gasteiger charge is -2.10. The number of furan rings is 1. The molecule has 1 heterocycles. The van der Waals surface area contributed by atoms with Crippen LogP contribution in [0.25, 0.3) is 11.0 Å². The summed E-state index contributed by atoms with van der Waals surface area (Å²) in [6.45, 7) is 0. The Labute approximate surface area is 94.0 Å². The van der Waals surface area contributed by atoms with Crippen LogP contribution in [0.1, 0.15) is 11.8 Å². The Balaban J connectivity index is 2.34. The van der Waals surface area contributed by atoms with Crippen LogP contribution in [0.15, 0.2) is 34.7 Å². The zero-order valence-corrected chi connectivity index (χ0v) is 9.80. The Hall–Kier alpha value is -0.930. The van der Waals surface area contributed by atoms with Crippen molar-refractivity contribution in [2.75, 3.05) is 19.1 Å². The number of para-hydroxylation sites is 1. The standard InChI is InChI=1S/C12H15NOS/c1-13-10(8-15-2)12-7-9-5-3-4-6-11(9)14-12/h3-7,10,13H,8H2,1-2H3. The molecule has 3 heteroatoms. The van der Waals surface area contributed by atoms with Gasteiger partial charge in [0.05, 0.1) is 6.04 Å². The van der Waals surface area contributed by atoms with Gasteiger partial charge in [0.15, 0.2) is 0 Å². The lowest BCUT2D eigenvalue weighted by molar-refractivity contribution is 0.479. The Morgan fingerprint density at radius 2 is 2.20 bits per heavy atom. The molecule has 0 radical (unpaired) electrons. The fraction of sp³-hybridized carbons (Fsp3) is 0.333. The maximum Gasteiger partial charge on any atom is 0.134 e. The molecule has 0 saturated heterocycles. The molecule has 2 aromatic rings. The highest BCUT2D eigenvalue weighted by atomic mass is 32.2. The van der Waals surface area contributed by atoms with Crippen LogP contribution < -0.4 is 5.32 Å². The molecule has 80 valence electrons. The van der Waals surface area contributed by atoms with E-state index < -0.39 is 0 Å². The minimum atomic E-state index is 0.299. The van der Waals surface area contributed by atoms with Gasteiger partial charge in [-0.1, -0.05) is 18.2 Å². The molecule has 0 spiro atoms. The van der Waals surface area contributed by atoms with Gasteiger partial charge in [-0.05, 0) is 25.4 Å². The third-order valence-corrected chi connectivity index (χ3v) is 3.14. The fourth-order valence-corrected chi connectivity index (χ4v) is 2.31. The van der Waals surface area contributed by atoms with Gasteiger partial charge in [0.1, 0.15) is 11.3 Å². The molecular formula is C12H15NOS. The average molecular weight is 221 g/mol. The van der Waals surface area contributed by atoms with Crippen molar-refractivity contribution in [1.29, 1.82) is 0 Å². The summed E-state index contributed by atoms with van der Waals surface area (Å²) in [6, 6.07) is 10.5. The van der Waals surface area contributed by atoms with Gasteiger partial charge in [-0.25, -0.2) is 0 Å². The fourth-order valence-electron chi connectivity index (χ4n) is 1.65. The van der Waals surface area contributed by atoms with E-state index in [1.165, 1.54) is 5.39 Å². The quantitative estimate of drug-likeness (QED) is 0.859. The zero-order chi connectivity index (χ0) is 10.7. The van der Waals surface area contributed by atoms with E-state index in [0.717, 1.165) is 17.1 Å². The van der Waals surface area contributed by atoms with Crippen molar-refractivity contribution < 1.29 is 4.42 Å². The second kappa shape index (κ2) is 4.73. The van der Waals surface area contributed by atoms with E-state index in [0.29, 0.717) is 6.04 Å². The Morgan fingerprint density at radius 1 is 1.40 bits per heavy atom. The van der Waals surface area contributed by atoms with Gasteiger partial charge in [0.2, 0.25) is 0 Å². The van der Waals surface area contributed by atoms with E-state index in [1.807, 2.05) is 37.0 Å². The maximum absolute atomic E-state index is 5.80. The highest BCUT2D eigenvalue weighted by Crippen LogP contribution is 2.25. The molecule has 1 N–H and O–H groups in total. The molecule has 2 nitrogen and oxygen atoms in total. The van der Waals surface area contributed by atoms with Gasteiger partial charge in [0, 0.05) is 11.1 Å². The first-order valence-corrected chi connectivity index (χ1v) is 6.39. The SMILES string of the molecule is CNC(CSC)c1cc2ccccc2o1. The molecule has 1 aromatic carbocycles. The van der Waals surface area contributed by atoms with E-state index >= 15 is 0 Å². The molecule has 0 amide bonds. The Bertz CT molecular complexity index is 405. The van der Waals surface area contributed by atoms with Crippen LogP contribution in [0.3, 0.4) is 0 Å². The molecule has 1 unspecified atom stereocenters. The number of benzene rings is 1. The number of nitrogens with one attached hydrogen (secondary N) is 1. The van der Waals surface area contributed by atoms with E-state index in [9.17, 15) is 0 Å². The minimum Gasteiger partial charge on any atom is -0.459 e. The highest BCUT2D eigenvalue weighted by Gasteiger charge is 2.13. The lowest BCUT2D eigenvalue weighted by Crippen LogP contribution is -2.17. The van der Waals surface area contributed by atoms with Gasteiger partial charge in [-0.3, -0.25) is 0 Å². The number of rotatable bonds is 4. The summed E-state index contributed by atoms with van der Waals surface area (Å²) in [5, 5.41) is 4.44. The number of hydrogen-bond donors (Lipinski definition) is 1. The van der Waals surface area contributed by atoms with Crippen molar-refractivity contribution in [3.63, 3.8) is 0 Å². The van der Waals surface area contributed by atoms with Crippen LogP contribution in [0.5, 0.6) is 0 Å². The monoisotopic (exact) mass is 221 g/mol. The number of thioether (sulfide) groups is 1. The largest absolute Gasteiger partial charge is 0.459 e. The number of fused-ring (bicyclic) bond motifs is 1. The van der Waals surface area contributed by atoms with E-state index in [4.69, 9.17) is 4.42 Å². The van der Waals surface area contributed by atoms with Crippen LogP contribution in [-0.2, 0) is 0 Å². The predicted octanol–water partition coefficient (Wildman–Crippen LogP) is 3.06. The lowest BCUT2D eigenvalue weighted by atomic mass is 10.2. The van der Waals surface area contributed by atoms with Crippen molar-refractivity contribution >= 4 is 22.7 Å². The summed E-state index contributed by atoms with van der Waals surface area (Å²) in [4.78, 5) is 0. The summed E-state index contributed by atoms with van der Waals surface area (Å²) in [5.74, 6) is 2.05. The van der Waals surface area contributed by atoms with Crippen molar-refractivity contribution in [2.24, 2.45) is 0 Å². The van der Waals surface area contributed by atoms with E-state index in [2.05, 4.69) is 23.7 Å². The summed E-state index contributed by atoms with van der Waals surface area (Å²) in [6.07, 6.45) is 2.10. The Kier molecular flexibility index (Phi) is 3.34. The summed E-state index contributed by atoms with van der Waals surface area (Å²) in [5.41, 5.74) is 0.967. The van der Waals surface area contributed by atoms with Crippen LogP contribution in [0.2, 0.25) is 0 Å². The van der Waals surface area contributed by atoms with Crippen LogP contribution >= 0.6 is 11.8 Å². The molecule has 1 aromatic heterocycles. The van der Waals surface area contributed by atoms with Gasteiger partial charge < -0.3 is 9.73 Å². The first-order chi connectivity index (χ1) is 7.35. The second-order valence-electron chi connectivity index (χ2n) is 3.48. The average Bonchev–Trinajstić information content (AvgIpc) is 2.69. The first-order valence-electron chi connectivity index (χ1n) is 5.00. The summed E-state index contributed by atoms with van der Waals surface area (Å²) in [7, 11) is 1.97. The minimum absolute atomic E-state index is 0.299. The van der Waals surface area contributed by atoms with Crippen LogP contribution in [-0.4, -0.2) is 19.1 Å². The van der Waals surface area contributed by atoms with Gasteiger partial charge in [-0.2, -0.15) is 11.8 Å².